The molecule has 0 aliphatic heterocycles. The summed E-state index contributed by atoms with van der Waals surface area (Å²) in [5.74, 6) is -0.0733. The first-order chi connectivity index (χ1) is 11.5. The lowest BCUT2D eigenvalue weighted by molar-refractivity contribution is -0.119. The van der Waals surface area contributed by atoms with Gasteiger partial charge < -0.3 is 15.6 Å². The number of hydrogen-bond acceptors (Lipinski definition) is 3. The molecule has 1 aromatic carbocycles. The molecule has 1 amide bonds. The van der Waals surface area contributed by atoms with Gasteiger partial charge in [-0.1, -0.05) is 23.2 Å². The van der Waals surface area contributed by atoms with E-state index in [9.17, 15) is 4.79 Å². The van der Waals surface area contributed by atoms with E-state index in [1.165, 1.54) is 6.92 Å². The predicted molar refractivity (Wildman–Crippen MR) is 98.6 cm³/mol. The van der Waals surface area contributed by atoms with E-state index in [4.69, 9.17) is 23.2 Å². The molecular weight excluding hydrogens is 347 g/mol. The summed E-state index contributed by atoms with van der Waals surface area (Å²) in [6, 6.07) is 9.51. The summed E-state index contributed by atoms with van der Waals surface area (Å²) in [5.41, 5.74) is 4.08. The monoisotopic (exact) mass is 362 g/mol. The third kappa shape index (κ3) is 3.32. The Morgan fingerprint density at radius 3 is 2.71 bits per heavy atom. The molecular formula is C17H16Cl2N4O. The third-order valence-corrected chi connectivity index (χ3v) is 4.29. The average Bonchev–Trinajstić information content (AvgIpc) is 2.93. The van der Waals surface area contributed by atoms with Gasteiger partial charge in [-0.05, 0) is 30.3 Å². The van der Waals surface area contributed by atoms with Crippen LogP contribution in [0.15, 0.2) is 30.3 Å². The highest BCUT2D eigenvalue weighted by Gasteiger charge is 2.11. The molecule has 124 valence electrons. The first kappa shape index (κ1) is 16.6. The standard InChI is InChI=1S/C17H16Cl2N4O/c1-9(24)21-8-11-5-10-6-13(18)12(7-16(10)22-11)14-3-4-15(20-2)17(19)23-14/h3-7,20,22H,8H2,1-2H3,(H,21,24). The maximum atomic E-state index is 11.0. The van der Waals surface area contributed by atoms with Crippen molar-refractivity contribution in [3.63, 3.8) is 0 Å². The number of nitrogens with zero attached hydrogens (tertiary/aromatic N) is 1. The summed E-state index contributed by atoms with van der Waals surface area (Å²) in [6.07, 6.45) is 0. The van der Waals surface area contributed by atoms with Crippen LogP contribution in [0.2, 0.25) is 10.2 Å². The molecule has 0 fully saturated rings. The molecule has 0 atom stereocenters. The number of H-pyrrole nitrogens is 1. The molecule has 3 N–H and O–H groups in total. The molecule has 2 aromatic heterocycles. The number of aromatic amines is 1. The van der Waals surface area contributed by atoms with E-state index in [1.807, 2.05) is 30.3 Å². The van der Waals surface area contributed by atoms with Gasteiger partial charge in [-0.3, -0.25) is 4.79 Å². The van der Waals surface area contributed by atoms with Gasteiger partial charge in [0.1, 0.15) is 0 Å². The first-order valence-corrected chi connectivity index (χ1v) is 8.14. The predicted octanol–water partition coefficient (Wildman–Crippen LogP) is 4.21. The van der Waals surface area contributed by atoms with Gasteiger partial charge >= 0.3 is 0 Å². The molecule has 0 aliphatic rings. The fourth-order valence-corrected chi connectivity index (χ4v) is 3.01. The molecule has 0 bridgehead atoms. The second kappa shape index (κ2) is 6.71. The zero-order valence-electron chi connectivity index (χ0n) is 13.2. The molecule has 7 heteroatoms. The summed E-state index contributed by atoms with van der Waals surface area (Å²) in [5, 5.41) is 7.70. The Morgan fingerprint density at radius 2 is 2.04 bits per heavy atom. The maximum Gasteiger partial charge on any atom is 0.217 e. The number of nitrogens with one attached hydrogen (secondary N) is 3. The van der Waals surface area contributed by atoms with Crippen molar-refractivity contribution in [1.29, 1.82) is 0 Å². The number of hydrogen-bond donors (Lipinski definition) is 3. The number of rotatable bonds is 4. The van der Waals surface area contributed by atoms with Gasteiger partial charge in [-0.2, -0.15) is 0 Å². The van der Waals surface area contributed by atoms with Crippen LogP contribution in [-0.4, -0.2) is 22.9 Å². The van der Waals surface area contributed by atoms with Crippen LogP contribution in [0.3, 0.4) is 0 Å². The highest BCUT2D eigenvalue weighted by atomic mass is 35.5. The van der Waals surface area contributed by atoms with Crippen molar-refractivity contribution in [3.05, 3.63) is 46.2 Å². The number of aromatic nitrogens is 2. The summed E-state index contributed by atoms with van der Waals surface area (Å²) < 4.78 is 0. The van der Waals surface area contributed by atoms with Crippen LogP contribution in [0.5, 0.6) is 0 Å². The summed E-state index contributed by atoms with van der Waals surface area (Å²) in [4.78, 5) is 18.7. The second-order valence-corrected chi connectivity index (χ2v) is 6.17. The van der Waals surface area contributed by atoms with E-state index in [0.29, 0.717) is 22.4 Å². The average molecular weight is 363 g/mol. The Labute approximate surface area is 149 Å². The number of carbonyl (C=O) groups is 1. The van der Waals surface area contributed by atoms with Crippen molar-refractivity contribution in [2.75, 3.05) is 12.4 Å². The largest absolute Gasteiger partial charge is 0.386 e. The van der Waals surface area contributed by atoms with Gasteiger partial charge in [0.15, 0.2) is 5.15 Å². The fourth-order valence-electron chi connectivity index (χ4n) is 2.50. The van der Waals surface area contributed by atoms with Crippen molar-refractivity contribution in [3.8, 4) is 11.3 Å². The molecule has 0 aliphatic carbocycles. The Balaban J connectivity index is 2.00. The fraction of sp³-hybridized carbons (Fsp3) is 0.176. The number of benzene rings is 1. The molecule has 0 radical (unpaired) electrons. The normalized spacial score (nSPS) is 10.8. The van der Waals surface area contributed by atoms with Gasteiger partial charge in [0.05, 0.1) is 22.9 Å². The van der Waals surface area contributed by atoms with E-state index in [2.05, 4.69) is 20.6 Å². The number of carbonyl (C=O) groups excluding carboxylic acids is 1. The van der Waals surface area contributed by atoms with Gasteiger partial charge in [0, 0.05) is 36.1 Å². The van der Waals surface area contributed by atoms with Crippen LogP contribution >= 0.6 is 23.2 Å². The van der Waals surface area contributed by atoms with Crippen LogP contribution in [0.4, 0.5) is 5.69 Å². The minimum Gasteiger partial charge on any atom is -0.386 e. The SMILES string of the molecule is CNc1ccc(-c2cc3[nH]c(CNC(C)=O)cc3cc2Cl)nc1Cl. The summed E-state index contributed by atoms with van der Waals surface area (Å²) in [7, 11) is 1.79. The van der Waals surface area contributed by atoms with Crippen molar-refractivity contribution in [2.24, 2.45) is 0 Å². The van der Waals surface area contributed by atoms with Crippen LogP contribution in [0, 0.1) is 0 Å². The van der Waals surface area contributed by atoms with Crippen molar-refractivity contribution < 1.29 is 4.79 Å². The van der Waals surface area contributed by atoms with Gasteiger partial charge in [-0.25, -0.2) is 4.98 Å². The Morgan fingerprint density at radius 1 is 1.25 bits per heavy atom. The summed E-state index contributed by atoms with van der Waals surface area (Å²) >= 11 is 12.6. The maximum absolute atomic E-state index is 11.0. The molecule has 5 nitrogen and oxygen atoms in total. The highest BCUT2D eigenvalue weighted by Crippen LogP contribution is 2.33. The number of anilines is 1. The second-order valence-electron chi connectivity index (χ2n) is 5.41. The molecule has 0 unspecified atom stereocenters. The topological polar surface area (TPSA) is 69.8 Å². The first-order valence-electron chi connectivity index (χ1n) is 7.38. The van der Waals surface area contributed by atoms with Crippen LogP contribution < -0.4 is 10.6 Å². The molecule has 3 rings (SSSR count). The molecule has 0 spiro atoms. The lowest BCUT2D eigenvalue weighted by Crippen LogP contribution is -2.18. The number of fused-ring (bicyclic) bond motifs is 1. The summed E-state index contributed by atoms with van der Waals surface area (Å²) in [6.45, 7) is 1.93. The van der Waals surface area contributed by atoms with E-state index in [0.717, 1.165) is 27.8 Å². The zero-order chi connectivity index (χ0) is 17.3. The van der Waals surface area contributed by atoms with Crippen LogP contribution in [0.1, 0.15) is 12.6 Å². The lowest BCUT2D eigenvalue weighted by atomic mass is 10.1. The van der Waals surface area contributed by atoms with E-state index < -0.39 is 0 Å². The minimum atomic E-state index is -0.0733. The van der Waals surface area contributed by atoms with Gasteiger partial charge in [-0.15, -0.1) is 0 Å². The van der Waals surface area contributed by atoms with E-state index in [1.54, 1.807) is 7.05 Å². The highest BCUT2D eigenvalue weighted by molar-refractivity contribution is 6.34. The molecule has 24 heavy (non-hydrogen) atoms. The zero-order valence-corrected chi connectivity index (χ0v) is 14.7. The van der Waals surface area contributed by atoms with Crippen molar-refractivity contribution >= 4 is 45.7 Å². The van der Waals surface area contributed by atoms with E-state index in [-0.39, 0.29) is 5.91 Å². The number of halogens is 2. The lowest BCUT2D eigenvalue weighted by Gasteiger charge is -2.08. The Bertz CT molecular complexity index is 920. The molecule has 2 heterocycles. The van der Waals surface area contributed by atoms with Crippen LogP contribution in [-0.2, 0) is 11.3 Å². The minimum absolute atomic E-state index is 0.0733. The van der Waals surface area contributed by atoms with Gasteiger partial charge in [0.2, 0.25) is 5.91 Å². The molecule has 3 aromatic rings. The van der Waals surface area contributed by atoms with Gasteiger partial charge in [0.25, 0.3) is 0 Å². The molecule has 0 saturated carbocycles. The third-order valence-electron chi connectivity index (χ3n) is 3.69. The van der Waals surface area contributed by atoms with Crippen LogP contribution in [0.25, 0.3) is 22.2 Å². The molecule has 0 saturated heterocycles. The number of pyridine rings is 1. The van der Waals surface area contributed by atoms with E-state index >= 15 is 0 Å². The smallest absolute Gasteiger partial charge is 0.217 e. The Kier molecular flexibility index (Phi) is 4.64. The van der Waals surface area contributed by atoms with Crippen molar-refractivity contribution in [1.82, 2.24) is 15.3 Å². The number of amides is 1. The Hall–Kier alpha value is -2.24. The quantitative estimate of drug-likeness (QED) is 0.608. The van der Waals surface area contributed by atoms with Crippen molar-refractivity contribution in [2.45, 2.75) is 13.5 Å².